The third-order valence-corrected chi connectivity index (χ3v) is 6.27. The topological polar surface area (TPSA) is 60.4 Å². The van der Waals surface area contributed by atoms with E-state index in [9.17, 15) is 4.79 Å². The van der Waals surface area contributed by atoms with Crippen LogP contribution >= 0.6 is 15.9 Å². The van der Waals surface area contributed by atoms with Gasteiger partial charge in [0.15, 0.2) is 0 Å². The third kappa shape index (κ3) is 3.62. The van der Waals surface area contributed by atoms with Crippen molar-refractivity contribution in [3.63, 3.8) is 0 Å². The molecule has 0 unspecified atom stereocenters. The number of methoxy groups -OCH3 is 2. The smallest absolute Gasteiger partial charge is 0.337 e. The number of fused-ring (bicyclic) bond motifs is 3. The summed E-state index contributed by atoms with van der Waals surface area (Å²) in [5.41, 5.74) is 4.49. The number of esters is 1. The van der Waals surface area contributed by atoms with Gasteiger partial charge in [-0.15, -0.1) is 0 Å². The summed E-state index contributed by atoms with van der Waals surface area (Å²) in [7, 11) is 3.04. The standard InChI is InChI=1S/C25H21BrN2O4/c1-30-19-5-3-4-17(12-19)21-14-22-20-13-18(26)10-11-23(20)32-24(28(22)27-21)15-6-8-16(9-7-15)25(29)31-2/h3-13,22,24H,14H2,1-2H3/t22-,24+/m1/s1. The number of hydrogen-bond acceptors (Lipinski definition) is 6. The summed E-state index contributed by atoms with van der Waals surface area (Å²) >= 11 is 3.58. The maximum absolute atomic E-state index is 11.8. The van der Waals surface area contributed by atoms with Crippen molar-refractivity contribution in [1.29, 1.82) is 0 Å². The molecule has 0 radical (unpaired) electrons. The number of rotatable bonds is 4. The molecule has 0 amide bonds. The summed E-state index contributed by atoms with van der Waals surface area (Å²) in [6.07, 6.45) is 0.333. The Morgan fingerprint density at radius 3 is 2.66 bits per heavy atom. The lowest BCUT2D eigenvalue weighted by Crippen LogP contribution is -2.33. The van der Waals surface area contributed by atoms with E-state index >= 15 is 0 Å². The van der Waals surface area contributed by atoms with Gasteiger partial charge in [0, 0.05) is 27.6 Å². The van der Waals surface area contributed by atoms with Crippen LogP contribution in [-0.4, -0.2) is 30.9 Å². The fourth-order valence-electron chi connectivity index (χ4n) is 4.16. The summed E-state index contributed by atoms with van der Waals surface area (Å²) in [6.45, 7) is 0. The van der Waals surface area contributed by atoms with Gasteiger partial charge in [0.2, 0.25) is 6.23 Å². The minimum Gasteiger partial charge on any atom is -0.497 e. The lowest BCUT2D eigenvalue weighted by molar-refractivity contribution is -0.0191. The molecule has 7 heteroatoms. The lowest BCUT2D eigenvalue weighted by atomic mass is 9.95. The third-order valence-electron chi connectivity index (χ3n) is 5.77. The van der Waals surface area contributed by atoms with Gasteiger partial charge in [-0.25, -0.2) is 9.80 Å². The van der Waals surface area contributed by atoms with Crippen LogP contribution in [0, 0.1) is 0 Å². The van der Waals surface area contributed by atoms with Crippen molar-refractivity contribution in [3.8, 4) is 11.5 Å². The van der Waals surface area contributed by atoms with Crippen LogP contribution < -0.4 is 9.47 Å². The van der Waals surface area contributed by atoms with Crippen molar-refractivity contribution in [2.24, 2.45) is 5.10 Å². The highest BCUT2D eigenvalue weighted by atomic mass is 79.9. The fourth-order valence-corrected chi connectivity index (χ4v) is 4.54. The Balaban J connectivity index is 1.56. The summed E-state index contributed by atoms with van der Waals surface area (Å²) in [6, 6.07) is 21.3. The highest BCUT2D eigenvalue weighted by Crippen LogP contribution is 2.48. The van der Waals surface area contributed by atoms with Crippen molar-refractivity contribution >= 4 is 27.6 Å². The molecule has 0 fully saturated rings. The molecule has 0 saturated heterocycles. The highest BCUT2D eigenvalue weighted by Gasteiger charge is 2.41. The van der Waals surface area contributed by atoms with Crippen molar-refractivity contribution in [1.82, 2.24) is 5.01 Å². The first-order valence-corrected chi connectivity index (χ1v) is 11.0. The quantitative estimate of drug-likeness (QED) is 0.450. The molecule has 0 aliphatic carbocycles. The second-order valence-corrected chi connectivity index (χ2v) is 8.56. The summed E-state index contributed by atoms with van der Waals surface area (Å²) in [4.78, 5) is 11.8. The van der Waals surface area contributed by atoms with E-state index in [0.29, 0.717) is 5.56 Å². The summed E-state index contributed by atoms with van der Waals surface area (Å²) in [5.74, 6) is 1.26. The maximum atomic E-state index is 11.8. The molecule has 32 heavy (non-hydrogen) atoms. The average molecular weight is 493 g/mol. The van der Waals surface area contributed by atoms with Gasteiger partial charge in [-0.3, -0.25) is 0 Å². The van der Waals surface area contributed by atoms with Gasteiger partial charge in [0.05, 0.1) is 31.5 Å². The molecule has 2 heterocycles. The number of halogens is 1. The Morgan fingerprint density at radius 1 is 1.09 bits per heavy atom. The molecule has 2 aliphatic heterocycles. The Hall–Kier alpha value is -3.32. The van der Waals surface area contributed by atoms with Gasteiger partial charge < -0.3 is 14.2 Å². The van der Waals surface area contributed by atoms with Gasteiger partial charge >= 0.3 is 5.97 Å². The molecule has 0 N–H and O–H groups in total. The first kappa shape index (κ1) is 20.6. The fraction of sp³-hybridized carbons (Fsp3) is 0.200. The molecule has 162 valence electrons. The first-order chi connectivity index (χ1) is 15.6. The van der Waals surface area contributed by atoms with Crippen LogP contribution in [0.5, 0.6) is 11.5 Å². The van der Waals surface area contributed by atoms with E-state index in [0.717, 1.165) is 44.8 Å². The van der Waals surface area contributed by atoms with Crippen LogP contribution in [0.25, 0.3) is 0 Å². The molecule has 6 nitrogen and oxygen atoms in total. The van der Waals surface area contributed by atoms with Gasteiger partial charge in [-0.05, 0) is 42.5 Å². The molecule has 0 spiro atoms. The minimum absolute atomic E-state index is 0.0303. The number of hydrogen-bond donors (Lipinski definition) is 0. The Bertz CT molecular complexity index is 1210. The highest BCUT2D eigenvalue weighted by molar-refractivity contribution is 9.10. The number of carbonyl (C=O) groups is 1. The van der Waals surface area contributed by atoms with E-state index in [1.54, 1.807) is 19.2 Å². The van der Waals surface area contributed by atoms with Crippen LogP contribution in [-0.2, 0) is 4.74 Å². The van der Waals surface area contributed by atoms with E-state index in [1.165, 1.54) is 7.11 Å². The maximum Gasteiger partial charge on any atom is 0.337 e. The summed E-state index contributed by atoms with van der Waals surface area (Å²) in [5, 5.41) is 6.99. The molecular weight excluding hydrogens is 472 g/mol. The first-order valence-electron chi connectivity index (χ1n) is 10.2. The predicted molar refractivity (Wildman–Crippen MR) is 124 cm³/mol. The SMILES string of the molecule is COC(=O)c1ccc([C@@H]2Oc3ccc(Br)cc3[C@H]3CC(c4cccc(OC)c4)=NN32)cc1. The molecule has 0 aromatic heterocycles. The monoisotopic (exact) mass is 492 g/mol. The molecule has 2 atom stereocenters. The largest absolute Gasteiger partial charge is 0.497 e. The van der Waals surface area contributed by atoms with Crippen LogP contribution in [0.4, 0.5) is 0 Å². The van der Waals surface area contributed by atoms with Crippen LogP contribution in [0.3, 0.4) is 0 Å². The van der Waals surface area contributed by atoms with Gasteiger partial charge in [-0.1, -0.05) is 40.2 Å². The van der Waals surface area contributed by atoms with E-state index in [1.807, 2.05) is 53.5 Å². The van der Waals surface area contributed by atoms with Crippen molar-refractivity contribution in [3.05, 3.63) is 93.5 Å². The van der Waals surface area contributed by atoms with Crippen LogP contribution in [0.15, 0.2) is 76.3 Å². The minimum atomic E-state index is -0.413. The zero-order valence-corrected chi connectivity index (χ0v) is 19.2. The Labute approximate surface area is 194 Å². The molecular formula is C25H21BrN2O4. The molecule has 5 rings (SSSR count). The lowest BCUT2D eigenvalue weighted by Gasteiger charge is -2.38. The average Bonchev–Trinajstić information content (AvgIpc) is 3.29. The second kappa shape index (κ2) is 8.31. The number of nitrogens with zero attached hydrogens (tertiary/aromatic N) is 2. The molecule has 3 aromatic carbocycles. The van der Waals surface area contributed by atoms with Crippen molar-refractivity contribution in [2.45, 2.75) is 18.7 Å². The number of hydrazone groups is 1. The molecule has 3 aromatic rings. The zero-order valence-electron chi connectivity index (χ0n) is 17.6. The van der Waals surface area contributed by atoms with Crippen molar-refractivity contribution in [2.75, 3.05) is 14.2 Å². The van der Waals surface area contributed by atoms with Gasteiger partial charge in [-0.2, -0.15) is 5.10 Å². The predicted octanol–water partition coefficient (Wildman–Crippen LogP) is 5.49. The van der Waals surface area contributed by atoms with Crippen LogP contribution in [0.1, 0.15) is 45.7 Å². The van der Waals surface area contributed by atoms with Gasteiger partial charge in [0.25, 0.3) is 0 Å². The second-order valence-electron chi connectivity index (χ2n) is 7.64. The number of benzene rings is 3. The normalized spacial score (nSPS) is 18.8. The van der Waals surface area contributed by atoms with E-state index < -0.39 is 6.23 Å². The van der Waals surface area contributed by atoms with E-state index in [2.05, 4.69) is 22.0 Å². The molecule has 2 aliphatic rings. The molecule has 0 bridgehead atoms. The Kier molecular flexibility index (Phi) is 5.35. The Morgan fingerprint density at radius 2 is 1.91 bits per heavy atom. The summed E-state index contributed by atoms with van der Waals surface area (Å²) < 4.78 is 17.6. The van der Waals surface area contributed by atoms with Crippen LogP contribution in [0.2, 0.25) is 0 Å². The van der Waals surface area contributed by atoms with Gasteiger partial charge in [0.1, 0.15) is 11.5 Å². The van der Waals surface area contributed by atoms with E-state index in [-0.39, 0.29) is 12.0 Å². The zero-order chi connectivity index (χ0) is 22.2. The van der Waals surface area contributed by atoms with E-state index in [4.69, 9.17) is 19.3 Å². The number of carbonyl (C=O) groups excluding carboxylic acids is 1. The molecule has 0 saturated carbocycles. The van der Waals surface area contributed by atoms with Crippen molar-refractivity contribution < 1.29 is 19.0 Å². The number of ether oxygens (including phenoxy) is 3.